The van der Waals surface area contributed by atoms with E-state index in [4.69, 9.17) is 4.74 Å². The zero-order chi connectivity index (χ0) is 23.2. The average molecular weight is 403 g/mol. The molecule has 0 aromatic heterocycles. The van der Waals surface area contributed by atoms with Crippen molar-refractivity contribution in [1.82, 2.24) is 0 Å². The van der Waals surface area contributed by atoms with Crippen molar-refractivity contribution in [3.05, 3.63) is 65.3 Å². The molecule has 0 unspecified atom stereocenters. The smallest absolute Gasteiger partial charge is 0.0671 e. The lowest BCUT2D eigenvalue weighted by molar-refractivity contribution is 0.171. The summed E-state index contributed by atoms with van der Waals surface area (Å²) in [6, 6.07) is 8.46. The first-order valence-electron chi connectivity index (χ1n) is 11.3. The van der Waals surface area contributed by atoms with Crippen LogP contribution in [0, 0.1) is 6.92 Å². The van der Waals surface area contributed by atoms with Crippen molar-refractivity contribution in [3.8, 4) is 0 Å². The molecule has 0 radical (unpaired) electrons. The average Bonchev–Trinajstić information content (AvgIpc) is 2.72. The first kappa shape index (κ1) is 32.1. The van der Waals surface area contributed by atoms with Crippen LogP contribution in [-0.2, 0) is 4.74 Å². The van der Waals surface area contributed by atoms with E-state index < -0.39 is 0 Å². The maximum Gasteiger partial charge on any atom is 0.0671 e. The molecule has 0 aliphatic carbocycles. The van der Waals surface area contributed by atoms with Crippen LogP contribution in [0.25, 0.3) is 5.57 Å². The molecule has 1 heteroatoms. The third-order valence-electron chi connectivity index (χ3n) is 4.26. The van der Waals surface area contributed by atoms with Crippen molar-refractivity contribution in [2.75, 3.05) is 13.2 Å². The van der Waals surface area contributed by atoms with Gasteiger partial charge in [-0.1, -0.05) is 102 Å². The minimum absolute atomic E-state index is 0.705. The van der Waals surface area contributed by atoms with Gasteiger partial charge in [0.25, 0.3) is 0 Å². The van der Waals surface area contributed by atoms with E-state index in [-0.39, 0.29) is 0 Å². The van der Waals surface area contributed by atoms with Crippen LogP contribution in [0.4, 0.5) is 0 Å². The molecule has 0 aliphatic heterocycles. The number of unbranched alkanes of at least 4 members (excludes halogenated alkanes) is 3. The molecule has 0 N–H and O–H groups in total. The molecule has 1 rings (SSSR count). The number of ether oxygens (including phenoxy) is 1. The van der Waals surface area contributed by atoms with Crippen molar-refractivity contribution >= 4 is 5.57 Å². The Balaban J connectivity index is -0.000000380. The fraction of sp³-hybridized carbons (Fsp3) is 0.571. The van der Waals surface area contributed by atoms with E-state index in [1.54, 1.807) is 0 Å². The quantitative estimate of drug-likeness (QED) is 0.239. The fourth-order valence-corrected chi connectivity index (χ4v) is 2.29. The minimum Gasteiger partial charge on any atom is -0.377 e. The highest BCUT2D eigenvalue weighted by Gasteiger charge is 2.03. The molecule has 0 aliphatic rings. The Labute approximate surface area is 184 Å². The summed E-state index contributed by atoms with van der Waals surface area (Å²) in [6.07, 6.45) is 5.54. The zero-order valence-electron chi connectivity index (χ0n) is 21.4. The summed E-state index contributed by atoms with van der Waals surface area (Å²) in [4.78, 5) is 0. The molecule has 0 saturated carbocycles. The van der Waals surface area contributed by atoms with Crippen LogP contribution >= 0.6 is 0 Å². The van der Waals surface area contributed by atoms with E-state index >= 15 is 0 Å². The Hall–Kier alpha value is -1.60. The van der Waals surface area contributed by atoms with Gasteiger partial charge in [0.1, 0.15) is 0 Å². The van der Waals surface area contributed by atoms with Crippen LogP contribution in [0.2, 0.25) is 0 Å². The lowest BCUT2D eigenvalue weighted by atomic mass is 9.95. The van der Waals surface area contributed by atoms with Crippen LogP contribution < -0.4 is 0 Å². The van der Waals surface area contributed by atoms with E-state index in [9.17, 15) is 0 Å². The predicted octanol–water partition coefficient (Wildman–Crippen LogP) is 9.58. The van der Waals surface area contributed by atoms with E-state index in [0.29, 0.717) is 6.61 Å². The normalized spacial score (nSPS) is 10.1. The maximum absolute atomic E-state index is 5.00. The molecule has 1 aromatic carbocycles. The lowest BCUT2D eigenvalue weighted by Gasteiger charge is -2.10. The van der Waals surface area contributed by atoms with Crippen LogP contribution in [0.3, 0.4) is 0 Å². The Bertz CT molecular complexity index is 559. The molecule has 0 bridgehead atoms. The lowest BCUT2D eigenvalue weighted by Crippen LogP contribution is -1.92. The van der Waals surface area contributed by atoms with E-state index in [0.717, 1.165) is 17.8 Å². The first-order valence-corrected chi connectivity index (χ1v) is 11.3. The summed E-state index contributed by atoms with van der Waals surface area (Å²) in [5.74, 6) is 0. The molecule has 29 heavy (non-hydrogen) atoms. The Kier molecular flexibility index (Phi) is 25.1. The molecule has 168 valence electrons. The van der Waals surface area contributed by atoms with Crippen LogP contribution in [0.5, 0.6) is 0 Å². The standard InChI is InChI=1S/C14H18.C6H12O.C6H14.C2H6/c1-10(2)12(4)13(5)14-9-7-6-8-11(14)3;1-4-7-5-6(2)3;1-3-5-6-4-2;1-2/h6-9H,1H2,2-5H3;2,4-5H2,1,3H3;3-6H2,1-2H3;1-2H3/b13-12-;;;. The summed E-state index contributed by atoms with van der Waals surface area (Å²) < 4.78 is 5.00. The highest BCUT2D eigenvalue weighted by molar-refractivity contribution is 5.71. The van der Waals surface area contributed by atoms with E-state index in [2.05, 4.69) is 79.0 Å². The van der Waals surface area contributed by atoms with Crippen LogP contribution in [0.1, 0.15) is 99.1 Å². The number of benzene rings is 1. The summed E-state index contributed by atoms with van der Waals surface area (Å²) in [5.41, 5.74) is 7.50. The Morgan fingerprint density at radius 2 is 1.34 bits per heavy atom. The molecule has 0 spiro atoms. The van der Waals surface area contributed by atoms with Gasteiger partial charge < -0.3 is 4.74 Å². The Morgan fingerprint density at radius 1 is 0.862 bits per heavy atom. The van der Waals surface area contributed by atoms with Crippen molar-refractivity contribution in [2.24, 2.45) is 0 Å². The molecular formula is C28H50O. The highest BCUT2D eigenvalue weighted by Crippen LogP contribution is 2.24. The molecule has 0 atom stereocenters. The molecule has 1 aromatic rings. The number of rotatable bonds is 8. The van der Waals surface area contributed by atoms with E-state index in [1.165, 1.54) is 48.0 Å². The number of hydrogen-bond acceptors (Lipinski definition) is 1. The number of hydrogen-bond donors (Lipinski definition) is 0. The van der Waals surface area contributed by atoms with Crippen LogP contribution in [0.15, 0.2) is 54.1 Å². The third-order valence-corrected chi connectivity index (χ3v) is 4.26. The molecule has 0 saturated heterocycles. The highest BCUT2D eigenvalue weighted by atomic mass is 16.5. The second kappa shape index (κ2) is 22.7. The molecule has 0 heterocycles. The first-order chi connectivity index (χ1) is 13.7. The summed E-state index contributed by atoms with van der Waals surface area (Å²) in [5, 5.41) is 0. The molecule has 0 amide bonds. The van der Waals surface area contributed by atoms with Gasteiger partial charge in [-0.15, -0.1) is 0 Å². The van der Waals surface area contributed by atoms with Crippen molar-refractivity contribution in [3.63, 3.8) is 0 Å². The largest absolute Gasteiger partial charge is 0.377 e. The van der Waals surface area contributed by atoms with Gasteiger partial charge in [0.05, 0.1) is 6.61 Å². The monoisotopic (exact) mass is 402 g/mol. The van der Waals surface area contributed by atoms with Gasteiger partial charge in [-0.25, -0.2) is 0 Å². The second-order valence-corrected chi connectivity index (χ2v) is 7.15. The summed E-state index contributed by atoms with van der Waals surface area (Å²) >= 11 is 0. The van der Waals surface area contributed by atoms with Gasteiger partial charge >= 0.3 is 0 Å². The van der Waals surface area contributed by atoms with Crippen molar-refractivity contribution in [2.45, 2.75) is 94.9 Å². The summed E-state index contributed by atoms with van der Waals surface area (Å²) in [7, 11) is 0. The molecular weight excluding hydrogens is 352 g/mol. The summed E-state index contributed by atoms with van der Waals surface area (Å²) in [6.45, 7) is 30.0. The van der Waals surface area contributed by atoms with Gasteiger partial charge in [0.2, 0.25) is 0 Å². The molecule has 0 fully saturated rings. The van der Waals surface area contributed by atoms with Crippen LogP contribution in [-0.4, -0.2) is 13.2 Å². The zero-order valence-corrected chi connectivity index (χ0v) is 21.4. The van der Waals surface area contributed by atoms with Gasteiger partial charge in [-0.3, -0.25) is 0 Å². The minimum atomic E-state index is 0.705. The van der Waals surface area contributed by atoms with Gasteiger partial charge in [-0.05, 0) is 63.8 Å². The van der Waals surface area contributed by atoms with Crippen molar-refractivity contribution < 1.29 is 4.74 Å². The number of allylic oxidation sites excluding steroid dienone is 3. The molecule has 1 nitrogen and oxygen atoms in total. The van der Waals surface area contributed by atoms with Gasteiger partial charge in [-0.2, -0.15) is 0 Å². The fourth-order valence-electron chi connectivity index (χ4n) is 2.29. The topological polar surface area (TPSA) is 9.23 Å². The maximum atomic E-state index is 5.00. The van der Waals surface area contributed by atoms with Crippen molar-refractivity contribution in [1.29, 1.82) is 0 Å². The van der Waals surface area contributed by atoms with Gasteiger partial charge in [0, 0.05) is 6.61 Å². The van der Waals surface area contributed by atoms with E-state index in [1.807, 2.05) is 27.7 Å². The number of aryl methyl sites for hydroxylation is 1. The SMILES string of the molecule is C=C(C)/C(C)=C(/C)c1ccccc1C.C=C(C)COCC.CC.CCCCCC. The Morgan fingerprint density at radius 3 is 1.66 bits per heavy atom. The second-order valence-electron chi connectivity index (χ2n) is 7.15. The van der Waals surface area contributed by atoms with Gasteiger partial charge in [0.15, 0.2) is 0 Å². The predicted molar refractivity (Wildman–Crippen MR) is 137 cm³/mol. The third kappa shape index (κ3) is 19.5.